The summed E-state index contributed by atoms with van der Waals surface area (Å²) in [6.07, 6.45) is 5.10. The third kappa shape index (κ3) is 5.33. The van der Waals surface area contributed by atoms with Crippen molar-refractivity contribution >= 4 is 21.7 Å². The van der Waals surface area contributed by atoms with Crippen molar-refractivity contribution in [3.05, 3.63) is 36.4 Å². The van der Waals surface area contributed by atoms with Crippen molar-refractivity contribution in [2.45, 2.75) is 44.2 Å². The van der Waals surface area contributed by atoms with E-state index in [9.17, 15) is 13.2 Å². The third-order valence-corrected chi connectivity index (χ3v) is 6.48. The molecule has 0 amide bonds. The van der Waals surface area contributed by atoms with Gasteiger partial charge in [0.25, 0.3) is 0 Å². The van der Waals surface area contributed by atoms with Crippen molar-refractivity contribution in [1.29, 1.82) is 0 Å². The van der Waals surface area contributed by atoms with Crippen LogP contribution in [0.1, 0.15) is 32.6 Å². The molecule has 3 rings (SSSR count). The Balaban J connectivity index is 0.000000471. The zero-order chi connectivity index (χ0) is 17.4. The van der Waals surface area contributed by atoms with E-state index in [-0.39, 0.29) is 0 Å². The Hall–Kier alpha value is -1.36. The molecule has 0 radical (unpaired) electrons. The lowest BCUT2D eigenvalue weighted by Gasteiger charge is -2.11. The second kappa shape index (κ2) is 9.82. The molecule has 24 heavy (non-hydrogen) atoms. The van der Waals surface area contributed by atoms with Crippen LogP contribution in [-0.4, -0.2) is 24.8 Å². The Morgan fingerprint density at radius 3 is 2.25 bits per heavy atom. The Bertz CT molecular complexity index is 624. The average Bonchev–Trinajstić information content (AvgIpc) is 3.09. The summed E-state index contributed by atoms with van der Waals surface area (Å²) in [6.45, 7) is -0.642. The number of alkyl halides is 3. The highest BCUT2D eigenvalue weighted by molar-refractivity contribution is 7.97. The monoisotopic (exact) mass is 357 g/mol. The number of halogens is 3. The van der Waals surface area contributed by atoms with Gasteiger partial charge in [0, 0.05) is 21.7 Å². The van der Waals surface area contributed by atoms with Gasteiger partial charge in [-0.2, -0.15) is 13.2 Å². The minimum absolute atomic E-state index is 0.464. The molecule has 1 nitrogen and oxygen atoms in total. The van der Waals surface area contributed by atoms with Gasteiger partial charge in [0.15, 0.2) is 4.90 Å². The quantitative estimate of drug-likeness (QED) is 0.473. The minimum atomic E-state index is -3.67. The first-order valence-corrected chi connectivity index (χ1v) is 9.94. The fourth-order valence-electron chi connectivity index (χ4n) is 2.82. The lowest BCUT2D eigenvalue weighted by atomic mass is 10.1. The van der Waals surface area contributed by atoms with Crippen LogP contribution in [-0.2, 0) is 10.9 Å². The molecule has 0 aromatic heterocycles. The Morgan fingerprint density at radius 1 is 1.00 bits per heavy atom. The largest absolute Gasteiger partial charge is 0.493 e. The van der Waals surface area contributed by atoms with Gasteiger partial charge in [0.05, 0.1) is 6.61 Å². The Morgan fingerprint density at radius 2 is 1.62 bits per heavy atom. The van der Waals surface area contributed by atoms with Gasteiger partial charge in [-0.15, -0.1) is 0 Å². The van der Waals surface area contributed by atoms with Crippen molar-refractivity contribution in [3.8, 4) is 5.75 Å². The van der Waals surface area contributed by atoms with E-state index >= 15 is 0 Å². The molecule has 1 aliphatic heterocycles. The number of fused-ring (bicyclic) bond motifs is 1. The van der Waals surface area contributed by atoms with Gasteiger partial charge in [0.1, 0.15) is 17.3 Å². The van der Waals surface area contributed by atoms with E-state index in [0.29, 0.717) is 10.9 Å². The van der Waals surface area contributed by atoms with Gasteiger partial charge in [-0.05, 0) is 37.5 Å². The van der Waals surface area contributed by atoms with Gasteiger partial charge in [0.2, 0.25) is 0 Å². The summed E-state index contributed by atoms with van der Waals surface area (Å²) < 4.78 is 35.0. The number of rotatable bonds is 5. The predicted molar refractivity (Wildman–Crippen MR) is 96.1 cm³/mol. The molecular weight excluding hydrogens is 333 g/mol. The van der Waals surface area contributed by atoms with Gasteiger partial charge >= 0.3 is 6.68 Å². The molecule has 2 aromatic carbocycles. The molecule has 0 saturated carbocycles. The van der Waals surface area contributed by atoms with Gasteiger partial charge in [-0.25, -0.2) is 0 Å². The number of benzene rings is 2. The third-order valence-electron chi connectivity index (χ3n) is 3.94. The maximum absolute atomic E-state index is 9.67. The normalized spacial score (nSPS) is 14.7. The zero-order valence-corrected chi connectivity index (χ0v) is 14.8. The van der Waals surface area contributed by atoms with Crippen LogP contribution in [0, 0.1) is 0 Å². The van der Waals surface area contributed by atoms with Crippen LogP contribution in [0.25, 0.3) is 10.8 Å². The molecule has 0 N–H and O–H groups in total. The van der Waals surface area contributed by atoms with E-state index in [1.807, 2.05) is 0 Å². The second-order valence-corrected chi connectivity index (χ2v) is 7.91. The summed E-state index contributed by atoms with van der Waals surface area (Å²) in [4.78, 5) is 1.56. The maximum Gasteiger partial charge on any atom is 0.379 e. The van der Waals surface area contributed by atoms with Crippen LogP contribution in [0.15, 0.2) is 41.3 Å². The lowest BCUT2D eigenvalue weighted by molar-refractivity contribution is 0.00819. The topological polar surface area (TPSA) is 9.23 Å². The predicted octanol–water partition coefficient (Wildman–Crippen LogP) is 5.97. The number of hydrogen-bond acceptors (Lipinski definition) is 1. The van der Waals surface area contributed by atoms with Crippen molar-refractivity contribution in [2.75, 3.05) is 18.1 Å². The first-order valence-electron chi connectivity index (χ1n) is 8.37. The highest BCUT2D eigenvalue weighted by Crippen LogP contribution is 2.34. The first kappa shape index (κ1) is 19.0. The molecule has 0 unspecified atom stereocenters. The molecule has 1 aliphatic rings. The molecular formula is C19H24F3OS+. The van der Waals surface area contributed by atoms with E-state index in [1.165, 1.54) is 41.5 Å². The molecule has 2 aromatic rings. The SMILES string of the molecule is CCCCOc1ccc([S+]2CCCC2)c2ccccc12.FC(F)F. The first-order chi connectivity index (χ1) is 11.6. The van der Waals surface area contributed by atoms with Crippen LogP contribution in [0.3, 0.4) is 0 Å². The maximum atomic E-state index is 9.67. The fraction of sp³-hybridized carbons (Fsp3) is 0.474. The molecule has 0 bridgehead atoms. The van der Waals surface area contributed by atoms with Gasteiger partial charge < -0.3 is 4.74 Å². The molecule has 5 heteroatoms. The van der Waals surface area contributed by atoms with Crippen LogP contribution in [0.4, 0.5) is 13.2 Å². The molecule has 1 saturated heterocycles. The lowest BCUT2D eigenvalue weighted by Crippen LogP contribution is -2.05. The molecule has 0 spiro atoms. The van der Waals surface area contributed by atoms with E-state index in [2.05, 4.69) is 43.3 Å². The number of unbranched alkanes of at least 4 members (excludes halogenated alkanes) is 1. The van der Waals surface area contributed by atoms with Crippen molar-refractivity contribution < 1.29 is 17.9 Å². The summed E-state index contributed by atoms with van der Waals surface area (Å²) in [5, 5.41) is 2.70. The van der Waals surface area contributed by atoms with E-state index in [1.54, 1.807) is 4.90 Å². The number of ether oxygens (including phenoxy) is 1. The van der Waals surface area contributed by atoms with Crippen LogP contribution in [0.5, 0.6) is 5.75 Å². The average molecular weight is 357 g/mol. The van der Waals surface area contributed by atoms with Crippen LogP contribution in [0.2, 0.25) is 0 Å². The molecule has 1 fully saturated rings. The summed E-state index contributed by atoms with van der Waals surface area (Å²) in [5.74, 6) is 3.81. The summed E-state index contributed by atoms with van der Waals surface area (Å²) >= 11 is 0. The molecule has 132 valence electrons. The molecule has 0 atom stereocenters. The summed E-state index contributed by atoms with van der Waals surface area (Å²) in [6, 6.07) is 13.3. The zero-order valence-electron chi connectivity index (χ0n) is 13.9. The smallest absolute Gasteiger partial charge is 0.379 e. The Labute approximate surface area is 144 Å². The van der Waals surface area contributed by atoms with Crippen molar-refractivity contribution in [2.24, 2.45) is 0 Å². The van der Waals surface area contributed by atoms with Crippen molar-refractivity contribution in [1.82, 2.24) is 0 Å². The van der Waals surface area contributed by atoms with E-state index < -0.39 is 6.68 Å². The van der Waals surface area contributed by atoms with Gasteiger partial charge in [-0.1, -0.05) is 31.5 Å². The van der Waals surface area contributed by atoms with Crippen molar-refractivity contribution in [3.63, 3.8) is 0 Å². The fourth-order valence-corrected chi connectivity index (χ4v) is 5.32. The molecule has 1 heterocycles. The highest BCUT2D eigenvalue weighted by Gasteiger charge is 2.29. The summed E-state index contributed by atoms with van der Waals surface area (Å²) in [5.41, 5.74) is 0. The highest BCUT2D eigenvalue weighted by atomic mass is 32.2. The second-order valence-electron chi connectivity index (χ2n) is 5.67. The number of hydrogen-bond donors (Lipinski definition) is 0. The molecule has 0 aliphatic carbocycles. The van der Waals surface area contributed by atoms with E-state index in [0.717, 1.165) is 18.8 Å². The van der Waals surface area contributed by atoms with Crippen LogP contribution >= 0.6 is 0 Å². The van der Waals surface area contributed by atoms with E-state index in [4.69, 9.17) is 4.74 Å². The standard InChI is InChI=1S/C18H23OS.CHF3/c1-2-3-12-19-17-10-11-18(20-13-6-7-14-20)16-9-5-4-8-15(16)17;2-1(3)4/h4-5,8-11H,2-3,6-7,12-14H2,1H3;1H/q+1;. The van der Waals surface area contributed by atoms with Gasteiger partial charge in [-0.3, -0.25) is 0 Å². The minimum Gasteiger partial charge on any atom is -0.493 e. The van der Waals surface area contributed by atoms with Crippen LogP contribution < -0.4 is 4.74 Å². The summed E-state index contributed by atoms with van der Waals surface area (Å²) in [7, 11) is 0.464. The Kier molecular flexibility index (Phi) is 7.76.